The number of ether oxygens (including phenoxy) is 2. The molecule has 2 rings (SSSR count). The smallest absolute Gasteiger partial charge is 0.338 e. The van der Waals surface area contributed by atoms with Gasteiger partial charge in [0.15, 0.2) is 6.10 Å². The second-order valence-electron chi connectivity index (χ2n) is 4.81. The highest BCUT2D eigenvalue weighted by Crippen LogP contribution is 2.18. The van der Waals surface area contributed by atoms with Crippen LogP contribution in [0.3, 0.4) is 0 Å². The normalized spacial score (nSPS) is 12.0. The predicted octanol–water partition coefficient (Wildman–Crippen LogP) is 4.30. The van der Waals surface area contributed by atoms with E-state index in [0.717, 1.165) is 11.6 Å². The molecule has 1 unspecified atom stereocenters. The predicted molar refractivity (Wildman–Crippen MR) is 85.4 cm³/mol. The number of carbonyl (C=O) groups is 1. The Balaban J connectivity index is 1.86. The quantitative estimate of drug-likeness (QED) is 0.667. The lowest BCUT2D eigenvalue weighted by Crippen LogP contribution is -2.25. The second-order valence-corrected chi connectivity index (χ2v) is 5.67. The van der Waals surface area contributed by atoms with Crippen LogP contribution in [-0.4, -0.2) is 25.4 Å². The standard InChI is InChI=1S/C17H15BrF2O3/c18-15-8-13(6-7-16(15)20)17(21)23-14(9-19)11-22-10-12-4-2-1-3-5-12/h1-8,14H,9-11H2. The SMILES string of the molecule is O=C(OC(CF)COCc1ccccc1)c1ccc(F)c(Br)c1. The molecule has 1 atom stereocenters. The first-order chi connectivity index (χ1) is 11.1. The molecule has 0 aliphatic rings. The van der Waals surface area contributed by atoms with Crippen LogP contribution in [0, 0.1) is 5.82 Å². The number of halogens is 3. The Kier molecular flexibility index (Phi) is 6.67. The monoisotopic (exact) mass is 384 g/mol. The van der Waals surface area contributed by atoms with Crippen LogP contribution in [0.1, 0.15) is 15.9 Å². The fourth-order valence-corrected chi connectivity index (χ4v) is 2.21. The number of rotatable bonds is 7. The number of alkyl halides is 1. The molecule has 0 aromatic heterocycles. The Morgan fingerprint density at radius 3 is 2.57 bits per heavy atom. The molecule has 0 aliphatic carbocycles. The number of hydrogen-bond donors (Lipinski definition) is 0. The van der Waals surface area contributed by atoms with Crippen molar-refractivity contribution in [2.75, 3.05) is 13.3 Å². The van der Waals surface area contributed by atoms with E-state index in [1.807, 2.05) is 30.3 Å². The van der Waals surface area contributed by atoms with Crippen LogP contribution in [0.15, 0.2) is 53.0 Å². The molecule has 23 heavy (non-hydrogen) atoms. The van der Waals surface area contributed by atoms with Crippen molar-refractivity contribution < 1.29 is 23.0 Å². The van der Waals surface area contributed by atoms with E-state index in [9.17, 15) is 13.6 Å². The number of hydrogen-bond acceptors (Lipinski definition) is 3. The molecule has 0 aliphatic heterocycles. The number of carbonyl (C=O) groups excluding carboxylic acids is 1. The van der Waals surface area contributed by atoms with Crippen molar-refractivity contribution in [1.29, 1.82) is 0 Å². The van der Waals surface area contributed by atoms with E-state index in [4.69, 9.17) is 9.47 Å². The zero-order valence-corrected chi connectivity index (χ0v) is 13.8. The molecule has 0 heterocycles. The first-order valence-corrected chi connectivity index (χ1v) is 7.73. The van der Waals surface area contributed by atoms with Gasteiger partial charge < -0.3 is 9.47 Å². The summed E-state index contributed by atoms with van der Waals surface area (Å²) in [6.45, 7) is -0.612. The lowest BCUT2D eigenvalue weighted by atomic mass is 10.2. The van der Waals surface area contributed by atoms with E-state index in [-0.39, 0.29) is 16.6 Å². The first-order valence-electron chi connectivity index (χ1n) is 6.94. The minimum atomic E-state index is -1.00. The van der Waals surface area contributed by atoms with Crippen molar-refractivity contribution >= 4 is 21.9 Å². The van der Waals surface area contributed by atoms with Crippen LogP contribution in [0.5, 0.6) is 0 Å². The molecule has 0 spiro atoms. The van der Waals surface area contributed by atoms with Gasteiger partial charge in [-0.15, -0.1) is 0 Å². The summed E-state index contributed by atoms with van der Waals surface area (Å²) in [5.74, 6) is -1.22. The summed E-state index contributed by atoms with van der Waals surface area (Å²) < 4.78 is 36.7. The van der Waals surface area contributed by atoms with Crippen molar-refractivity contribution in [3.63, 3.8) is 0 Å². The number of esters is 1. The van der Waals surface area contributed by atoms with Gasteiger partial charge in [0.25, 0.3) is 0 Å². The van der Waals surface area contributed by atoms with Crippen molar-refractivity contribution in [3.05, 3.63) is 69.9 Å². The molecule has 3 nitrogen and oxygen atoms in total. The van der Waals surface area contributed by atoms with Gasteiger partial charge in [-0.3, -0.25) is 0 Å². The second kappa shape index (κ2) is 8.74. The highest BCUT2D eigenvalue weighted by atomic mass is 79.9. The maximum Gasteiger partial charge on any atom is 0.338 e. The van der Waals surface area contributed by atoms with Crippen LogP contribution >= 0.6 is 15.9 Å². The molecule has 2 aromatic rings. The van der Waals surface area contributed by atoms with Crippen LogP contribution in [-0.2, 0) is 16.1 Å². The van der Waals surface area contributed by atoms with Crippen molar-refractivity contribution in [2.24, 2.45) is 0 Å². The summed E-state index contributed by atoms with van der Waals surface area (Å²) >= 11 is 2.98. The third-order valence-corrected chi connectivity index (χ3v) is 3.62. The largest absolute Gasteiger partial charge is 0.454 e. The van der Waals surface area contributed by atoms with Crippen molar-refractivity contribution in [2.45, 2.75) is 12.7 Å². The fraction of sp³-hybridized carbons (Fsp3) is 0.235. The summed E-state index contributed by atoms with van der Waals surface area (Å²) in [4.78, 5) is 11.9. The van der Waals surface area contributed by atoms with E-state index >= 15 is 0 Å². The Morgan fingerprint density at radius 2 is 1.91 bits per heavy atom. The topological polar surface area (TPSA) is 35.5 Å². The molecule has 0 radical (unpaired) electrons. The van der Waals surface area contributed by atoms with Gasteiger partial charge in [0.1, 0.15) is 12.5 Å². The van der Waals surface area contributed by atoms with Crippen LogP contribution in [0.2, 0.25) is 0 Å². The van der Waals surface area contributed by atoms with Crippen molar-refractivity contribution in [1.82, 2.24) is 0 Å². The van der Waals surface area contributed by atoms with E-state index in [1.54, 1.807) is 0 Å². The molecule has 0 saturated carbocycles. The Hall–Kier alpha value is -1.79. The van der Waals surface area contributed by atoms with Gasteiger partial charge in [-0.2, -0.15) is 0 Å². The lowest BCUT2D eigenvalue weighted by molar-refractivity contribution is -0.0160. The maximum atomic E-state index is 13.1. The number of benzene rings is 2. The zero-order valence-electron chi connectivity index (χ0n) is 12.2. The van der Waals surface area contributed by atoms with Gasteiger partial charge in [0, 0.05) is 0 Å². The average Bonchev–Trinajstić information content (AvgIpc) is 2.57. The molecule has 0 N–H and O–H groups in total. The summed E-state index contributed by atoms with van der Waals surface area (Å²) in [5.41, 5.74) is 1.08. The summed E-state index contributed by atoms with van der Waals surface area (Å²) in [6, 6.07) is 13.1. The highest BCUT2D eigenvalue weighted by molar-refractivity contribution is 9.10. The summed E-state index contributed by atoms with van der Waals surface area (Å²) in [6.07, 6.45) is -1.00. The van der Waals surface area contributed by atoms with Crippen LogP contribution < -0.4 is 0 Å². The molecule has 6 heteroatoms. The van der Waals surface area contributed by atoms with Gasteiger partial charge in [-0.1, -0.05) is 30.3 Å². The summed E-state index contributed by atoms with van der Waals surface area (Å²) in [7, 11) is 0. The lowest BCUT2D eigenvalue weighted by Gasteiger charge is -2.15. The molecule has 2 aromatic carbocycles. The molecule has 122 valence electrons. The zero-order chi connectivity index (χ0) is 16.7. The minimum Gasteiger partial charge on any atom is -0.454 e. The highest BCUT2D eigenvalue weighted by Gasteiger charge is 2.17. The van der Waals surface area contributed by atoms with Gasteiger partial charge in [-0.05, 0) is 39.7 Å². The average molecular weight is 385 g/mol. The molecular weight excluding hydrogens is 370 g/mol. The molecule has 0 fully saturated rings. The van der Waals surface area contributed by atoms with E-state index < -0.39 is 24.6 Å². The molecule has 0 amide bonds. The first kappa shape index (κ1) is 17.6. The van der Waals surface area contributed by atoms with E-state index in [1.165, 1.54) is 12.1 Å². The molecule has 0 saturated heterocycles. The minimum absolute atomic E-state index is 0.0561. The Morgan fingerprint density at radius 1 is 1.17 bits per heavy atom. The van der Waals surface area contributed by atoms with Crippen LogP contribution in [0.25, 0.3) is 0 Å². The van der Waals surface area contributed by atoms with Gasteiger partial charge in [-0.25, -0.2) is 13.6 Å². The van der Waals surface area contributed by atoms with Gasteiger partial charge in [0.05, 0.1) is 23.2 Å². The van der Waals surface area contributed by atoms with E-state index in [2.05, 4.69) is 15.9 Å². The van der Waals surface area contributed by atoms with Crippen LogP contribution in [0.4, 0.5) is 8.78 Å². The van der Waals surface area contributed by atoms with E-state index in [0.29, 0.717) is 6.61 Å². The van der Waals surface area contributed by atoms with Gasteiger partial charge >= 0.3 is 5.97 Å². The fourth-order valence-electron chi connectivity index (χ4n) is 1.84. The van der Waals surface area contributed by atoms with Crippen molar-refractivity contribution in [3.8, 4) is 0 Å². The Labute approximate surface area is 141 Å². The third-order valence-electron chi connectivity index (χ3n) is 3.02. The summed E-state index contributed by atoms with van der Waals surface area (Å²) in [5, 5.41) is 0. The maximum absolute atomic E-state index is 13.1. The Bertz CT molecular complexity index is 650. The molecular formula is C17H15BrF2O3. The third kappa shape index (κ3) is 5.41. The molecule has 0 bridgehead atoms. The van der Waals surface area contributed by atoms with Gasteiger partial charge in [0.2, 0.25) is 0 Å².